The van der Waals surface area contributed by atoms with Crippen molar-refractivity contribution in [2.45, 2.75) is 20.8 Å². The minimum absolute atomic E-state index is 0.0190. The Labute approximate surface area is 162 Å². The van der Waals surface area contributed by atoms with Crippen molar-refractivity contribution >= 4 is 23.1 Å². The van der Waals surface area contributed by atoms with Gasteiger partial charge >= 0.3 is 6.03 Å². The summed E-state index contributed by atoms with van der Waals surface area (Å²) in [6.45, 7) is 11.8. The van der Waals surface area contributed by atoms with Gasteiger partial charge in [-0.25, -0.2) is 4.79 Å². The Balaban J connectivity index is 1.59. The molecule has 0 bridgehead atoms. The van der Waals surface area contributed by atoms with E-state index in [0.717, 1.165) is 45.0 Å². The lowest BCUT2D eigenvalue weighted by Crippen LogP contribution is -2.50. The van der Waals surface area contributed by atoms with Crippen LogP contribution < -0.4 is 15.1 Å². The van der Waals surface area contributed by atoms with E-state index in [1.807, 2.05) is 35.2 Å². The molecular formula is C22H30N4O. The van der Waals surface area contributed by atoms with Crippen LogP contribution in [0.1, 0.15) is 19.4 Å². The Kier molecular flexibility index (Phi) is 6.22. The zero-order valence-corrected chi connectivity index (χ0v) is 16.6. The summed E-state index contributed by atoms with van der Waals surface area (Å²) in [7, 11) is 0. The lowest BCUT2D eigenvalue weighted by molar-refractivity contribution is 0.208. The number of aryl methyl sites for hydroxylation is 1. The van der Waals surface area contributed by atoms with Gasteiger partial charge in [-0.3, -0.25) is 0 Å². The number of carbonyl (C=O) groups is 1. The minimum Gasteiger partial charge on any atom is -0.372 e. The van der Waals surface area contributed by atoms with Crippen LogP contribution in [0.2, 0.25) is 0 Å². The van der Waals surface area contributed by atoms with Crippen LogP contribution in [0.15, 0.2) is 48.5 Å². The van der Waals surface area contributed by atoms with Gasteiger partial charge in [0.15, 0.2) is 0 Å². The van der Waals surface area contributed by atoms with E-state index in [9.17, 15) is 4.79 Å². The molecule has 1 heterocycles. The normalized spacial score (nSPS) is 14.2. The van der Waals surface area contributed by atoms with Crippen molar-refractivity contribution in [2.24, 2.45) is 0 Å². The van der Waals surface area contributed by atoms with E-state index in [-0.39, 0.29) is 6.03 Å². The van der Waals surface area contributed by atoms with E-state index in [0.29, 0.717) is 0 Å². The summed E-state index contributed by atoms with van der Waals surface area (Å²) in [5.74, 6) is 0. The molecule has 0 spiro atoms. The number of nitrogens with zero attached hydrogens (tertiary/aromatic N) is 3. The number of urea groups is 1. The molecule has 0 saturated carbocycles. The molecule has 2 aromatic rings. The van der Waals surface area contributed by atoms with Gasteiger partial charge in [-0.2, -0.15) is 0 Å². The van der Waals surface area contributed by atoms with E-state index in [1.54, 1.807) is 0 Å². The van der Waals surface area contributed by atoms with Crippen LogP contribution in [0.25, 0.3) is 0 Å². The molecule has 0 unspecified atom stereocenters. The molecule has 1 saturated heterocycles. The number of piperazine rings is 1. The van der Waals surface area contributed by atoms with Gasteiger partial charge in [0.25, 0.3) is 0 Å². The van der Waals surface area contributed by atoms with E-state index in [4.69, 9.17) is 0 Å². The monoisotopic (exact) mass is 366 g/mol. The second-order valence-electron chi connectivity index (χ2n) is 6.91. The smallest absolute Gasteiger partial charge is 0.321 e. The number of hydrogen-bond donors (Lipinski definition) is 1. The molecule has 5 heteroatoms. The highest BCUT2D eigenvalue weighted by atomic mass is 16.2. The first kappa shape index (κ1) is 19.1. The average Bonchev–Trinajstić information content (AvgIpc) is 2.70. The van der Waals surface area contributed by atoms with Gasteiger partial charge < -0.3 is 20.0 Å². The molecule has 0 radical (unpaired) electrons. The summed E-state index contributed by atoms with van der Waals surface area (Å²) in [5, 5.41) is 2.97. The third-order valence-corrected chi connectivity index (χ3v) is 5.24. The molecule has 1 aliphatic rings. The molecule has 0 aromatic heterocycles. The van der Waals surface area contributed by atoms with Crippen molar-refractivity contribution in [1.29, 1.82) is 0 Å². The van der Waals surface area contributed by atoms with Crippen molar-refractivity contribution in [2.75, 3.05) is 54.4 Å². The van der Waals surface area contributed by atoms with Crippen LogP contribution in [0.4, 0.5) is 21.9 Å². The van der Waals surface area contributed by atoms with Crippen LogP contribution in [0, 0.1) is 6.92 Å². The van der Waals surface area contributed by atoms with E-state index in [2.05, 4.69) is 54.1 Å². The van der Waals surface area contributed by atoms with Gasteiger partial charge in [0, 0.05) is 56.3 Å². The maximum absolute atomic E-state index is 12.5. The quantitative estimate of drug-likeness (QED) is 0.862. The molecule has 5 nitrogen and oxygen atoms in total. The SMILES string of the molecule is CCN(CC)c1ccc(N2CCN(C(=O)Nc3ccccc3)CC2)c(C)c1. The fraction of sp³-hybridized carbons (Fsp3) is 0.409. The van der Waals surface area contributed by atoms with Crippen LogP contribution >= 0.6 is 0 Å². The third kappa shape index (κ3) is 4.54. The average molecular weight is 367 g/mol. The number of benzene rings is 2. The van der Waals surface area contributed by atoms with Gasteiger partial charge in [0.1, 0.15) is 0 Å². The zero-order valence-electron chi connectivity index (χ0n) is 16.6. The summed E-state index contributed by atoms with van der Waals surface area (Å²) in [6, 6.07) is 16.3. The summed E-state index contributed by atoms with van der Waals surface area (Å²) >= 11 is 0. The molecule has 1 fully saturated rings. The first-order chi connectivity index (χ1) is 13.1. The van der Waals surface area contributed by atoms with E-state index in [1.165, 1.54) is 16.9 Å². The number of carbonyl (C=O) groups excluding carboxylic acids is 1. The second-order valence-corrected chi connectivity index (χ2v) is 6.91. The minimum atomic E-state index is -0.0190. The number of nitrogens with one attached hydrogen (secondary N) is 1. The Morgan fingerprint density at radius 2 is 1.67 bits per heavy atom. The van der Waals surface area contributed by atoms with Crippen molar-refractivity contribution in [3.8, 4) is 0 Å². The molecule has 2 aromatic carbocycles. The molecule has 1 aliphatic heterocycles. The molecule has 1 N–H and O–H groups in total. The molecular weight excluding hydrogens is 336 g/mol. The zero-order chi connectivity index (χ0) is 19.2. The molecule has 0 aliphatic carbocycles. The fourth-order valence-electron chi connectivity index (χ4n) is 3.65. The summed E-state index contributed by atoms with van der Waals surface area (Å²) in [6.07, 6.45) is 0. The molecule has 0 atom stereocenters. The van der Waals surface area contributed by atoms with Gasteiger partial charge in [-0.05, 0) is 56.7 Å². The van der Waals surface area contributed by atoms with Crippen LogP contribution in [-0.2, 0) is 0 Å². The highest BCUT2D eigenvalue weighted by Gasteiger charge is 2.22. The van der Waals surface area contributed by atoms with Crippen molar-refractivity contribution in [3.05, 3.63) is 54.1 Å². The highest BCUT2D eigenvalue weighted by Crippen LogP contribution is 2.26. The summed E-state index contributed by atoms with van der Waals surface area (Å²) in [4.78, 5) is 19.1. The molecule has 27 heavy (non-hydrogen) atoms. The Morgan fingerprint density at radius 3 is 2.26 bits per heavy atom. The number of amides is 2. The Bertz CT molecular complexity index is 750. The Hall–Kier alpha value is -2.69. The molecule has 144 valence electrons. The predicted octanol–water partition coefficient (Wildman–Crippen LogP) is 4.20. The van der Waals surface area contributed by atoms with E-state index >= 15 is 0 Å². The van der Waals surface area contributed by atoms with Gasteiger partial charge in [-0.1, -0.05) is 18.2 Å². The number of anilines is 3. The van der Waals surface area contributed by atoms with Crippen LogP contribution in [0.5, 0.6) is 0 Å². The first-order valence-electron chi connectivity index (χ1n) is 9.84. The molecule has 2 amide bonds. The van der Waals surface area contributed by atoms with Crippen molar-refractivity contribution in [3.63, 3.8) is 0 Å². The lowest BCUT2D eigenvalue weighted by Gasteiger charge is -2.37. The first-order valence-corrected chi connectivity index (χ1v) is 9.84. The van der Waals surface area contributed by atoms with Crippen LogP contribution in [0.3, 0.4) is 0 Å². The lowest BCUT2D eigenvalue weighted by atomic mass is 10.1. The predicted molar refractivity (Wildman–Crippen MR) is 114 cm³/mol. The number of hydrogen-bond acceptors (Lipinski definition) is 3. The maximum Gasteiger partial charge on any atom is 0.321 e. The maximum atomic E-state index is 12.5. The van der Waals surface area contributed by atoms with Gasteiger partial charge in [-0.15, -0.1) is 0 Å². The number of para-hydroxylation sites is 1. The third-order valence-electron chi connectivity index (χ3n) is 5.24. The molecule has 3 rings (SSSR count). The van der Waals surface area contributed by atoms with Crippen LogP contribution in [-0.4, -0.2) is 50.2 Å². The van der Waals surface area contributed by atoms with Gasteiger partial charge in [0.05, 0.1) is 0 Å². The van der Waals surface area contributed by atoms with Crippen molar-refractivity contribution < 1.29 is 4.79 Å². The Morgan fingerprint density at radius 1 is 1.00 bits per heavy atom. The largest absolute Gasteiger partial charge is 0.372 e. The van der Waals surface area contributed by atoms with E-state index < -0.39 is 0 Å². The topological polar surface area (TPSA) is 38.8 Å². The fourth-order valence-corrected chi connectivity index (χ4v) is 3.65. The van der Waals surface area contributed by atoms with Crippen molar-refractivity contribution in [1.82, 2.24) is 4.90 Å². The highest BCUT2D eigenvalue weighted by molar-refractivity contribution is 5.89. The second kappa shape index (κ2) is 8.80. The summed E-state index contributed by atoms with van der Waals surface area (Å²) in [5.41, 5.74) is 4.69. The standard InChI is InChI=1S/C22H30N4O/c1-4-24(5-2)20-11-12-21(18(3)17-20)25-13-15-26(16-14-25)22(27)23-19-9-7-6-8-10-19/h6-12,17H,4-5,13-16H2,1-3H3,(H,23,27). The summed E-state index contributed by atoms with van der Waals surface area (Å²) < 4.78 is 0. The number of rotatable bonds is 5. The van der Waals surface area contributed by atoms with Gasteiger partial charge in [0.2, 0.25) is 0 Å².